The summed E-state index contributed by atoms with van der Waals surface area (Å²) < 4.78 is 34.8. The average molecular weight is 441 g/mol. The number of carbonyl (C=O) groups is 1. The van der Waals surface area contributed by atoms with Crippen molar-refractivity contribution in [3.8, 4) is 5.75 Å². The largest absolute Gasteiger partial charge is 0.481 e. The lowest BCUT2D eigenvalue weighted by molar-refractivity contribution is -0.139. The van der Waals surface area contributed by atoms with E-state index in [0.717, 1.165) is 0 Å². The molecule has 1 aliphatic heterocycles. The summed E-state index contributed by atoms with van der Waals surface area (Å²) in [5, 5.41) is 4.73. The molecule has 1 aromatic heterocycles. The van der Waals surface area contributed by atoms with Gasteiger partial charge in [-0.3, -0.25) is 9.48 Å². The van der Waals surface area contributed by atoms with Gasteiger partial charge in [-0.25, -0.2) is 8.42 Å². The van der Waals surface area contributed by atoms with Gasteiger partial charge in [0.1, 0.15) is 10.6 Å². The summed E-state index contributed by atoms with van der Waals surface area (Å²) in [5.74, 6) is 0.331. The quantitative estimate of drug-likeness (QED) is 0.709. The Balaban J connectivity index is 1.64. The third-order valence-electron chi connectivity index (χ3n) is 5.05. The minimum atomic E-state index is -3.66. The molecule has 0 N–H and O–H groups in total. The lowest BCUT2D eigenvalue weighted by Gasteiger charge is -2.35. The molecule has 1 atom stereocenters. The number of benzene rings is 1. The van der Waals surface area contributed by atoms with Gasteiger partial charge in [-0.05, 0) is 39.0 Å². The first-order chi connectivity index (χ1) is 13.6. The van der Waals surface area contributed by atoms with E-state index in [4.69, 9.17) is 16.3 Å². The van der Waals surface area contributed by atoms with E-state index in [1.165, 1.54) is 4.31 Å². The number of aryl methyl sites for hydroxylation is 2. The van der Waals surface area contributed by atoms with E-state index in [1.54, 1.807) is 61.7 Å². The first-order valence-corrected chi connectivity index (χ1v) is 11.1. The maximum Gasteiger partial charge on any atom is 0.263 e. The molecule has 1 fully saturated rings. The smallest absolute Gasteiger partial charge is 0.263 e. The van der Waals surface area contributed by atoms with Crippen molar-refractivity contribution < 1.29 is 17.9 Å². The standard InChI is InChI=1S/C19H25ClN4O4S/c1-13-18(14(2)22(4)21-13)29(26,27)24-10-8-23(9-11-24)19(25)15(3)28-17-7-5-6-16(20)12-17/h5-7,12,15H,8-11H2,1-4H3/t15-/m1/s1. The number of piperazine rings is 1. The first kappa shape index (κ1) is 21.6. The molecule has 0 aliphatic carbocycles. The number of ether oxygens (including phenoxy) is 1. The van der Waals surface area contributed by atoms with Crippen molar-refractivity contribution in [3.63, 3.8) is 0 Å². The molecule has 1 amide bonds. The minimum Gasteiger partial charge on any atom is -0.481 e. The van der Waals surface area contributed by atoms with Crippen LogP contribution in [-0.2, 0) is 21.9 Å². The fourth-order valence-electron chi connectivity index (χ4n) is 3.46. The van der Waals surface area contributed by atoms with Crippen molar-refractivity contribution in [2.75, 3.05) is 26.2 Å². The summed E-state index contributed by atoms with van der Waals surface area (Å²) in [4.78, 5) is 14.6. The number of sulfonamides is 1. The Bertz CT molecular complexity index is 1010. The van der Waals surface area contributed by atoms with Crippen LogP contribution in [0, 0.1) is 13.8 Å². The zero-order valence-electron chi connectivity index (χ0n) is 16.9. The van der Waals surface area contributed by atoms with Crippen LogP contribution in [0.5, 0.6) is 5.75 Å². The molecular weight excluding hydrogens is 416 g/mol. The van der Waals surface area contributed by atoms with Crippen LogP contribution in [0.4, 0.5) is 0 Å². The normalized spacial score (nSPS) is 16.7. The van der Waals surface area contributed by atoms with Crippen LogP contribution in [0.2, 0.25) is 5.02 Å². The van der Waals surface area contributed by atoms with Gasteiger partial charge in [-0.2, -0.15) is 9.40 Å². The molecule has 3 rings (SSSR count). The molecule has 0 saturated carbocycles. The average Bonchev–Trinajstić information content (AvgIpc) is 2.93. The number of aromatic nitrogens is 2. The second kappa shape index (κ2) is 8.33. The Morgan fingerprint density at radius 2 is 1.86 bits per heavy atom. The molecule has 1 aliphatic rings. The summed E-state index contributed by atoms with van der Waals surface area (Å²) in [5.41, 5.74) is 1.08. The second-order valence-electron chi connectivity index (χ2n) is 7.07. The van der Waals surface area contributed by atoms with Gasteiger partial charge in [0.25, 0.3) is 5.91 Å². The Hall–Kier alpha value is -2.10. The van der Waals surface area contributed by atoms with Crippen molar-refractivity contribution in [2.45, 2.75) is 31.8 Å². The number of hydrogen-bond donors (Lipinski definition) is 0. The fourth-order valence-corrected chi connectivity index (χ4v) is 5.46. The van der Waals surface area contributed by atoms with E-state index < -0.39 is 16.1 Å². The van der Waals surface area contributed by atoms with E-state index in [9.17, 15) is 13.2 Å². The Morgan fingerprint density at radius 3 is 2.41 bits per heavy atom. The Morgan fingerprint density at radius 1 is 1.21 bits per heavy atom. The van der Waals surface area contributed by atoms with Crippen LogP contribution in [0.25, 0.3) is 0 Å². The molecule has 10 heteroatoms. The highest BCUT2D eigenvalue weighted by Gasteiger charge is 2.35. The number of amides is 1. The van der Waals surface area contributed by atoms with Crippen LogP contribution in [-0.4, -0.2) is 65.6 Å². The molecule has 158 valence electrons. The van der Waals surface area contributed by atoms with Crippen molar-refractivity contribution in [2.24, 2.45) is 7.05 Å². The SMILES string of the molecule is Cc1nn(C)c(C)c1S(=O)(=O)N1CCN(C(=O)[C@@H](C)Oc2cccc(Cl)c2)CC1. The number of nitrogens with zero attached hydrogens (tertiary/aromatic N) is 4. The van der Waals surface area contributed by atoms with E-state index in [-0.39, 0.29) is 23.9 Å². The summed E-state index contributed by atoms with van der Waals surface area (Å²) in [6.45, 7) is 6.17. The molecule has 0 radical (unpaired) electrons. The van der Waals surface area contributed by atoms with Gasteiger partial charge in [0, 0.05) is 38.2 Å². The summed E-state index contributed by atoms with van der Waals surface area (Å²) in [7, 11) is -1.94. The lowest BCUT2D eigenvalue weighted by Crippen LogP contribution is -2.53. The highest BCUT2D eigenvalue weighted by Crippen LogP contribution is 2.24. The molecule has 1 aromatic carbocycles. The van der Waals surface area contributed by atoms with Gasteiger partial charge in [0.2, 0.25) is 10.0 Å². The molecule has 0 bridgehead atoms. The highest BCUT2D eigenvalue weighted by atomic mass is 35.5. The first-order valence-electron chi connectivity index (χ1n) is 9.32. The van der Waals surface area contributed by atoms with E-state index in [1.807, 2.05) is 0 Å². The summed E-state index contributed by atoms with van der Waals surface area (Å²) in [6.07, 6.45) is -0.695. The molecule has 0 unspecified atom stereocenters. The molecule has 2 aromatic rings. The van der Waals surface area contributed by atoms with Crippen LogP contribution >= 0.6 is 11.6 Å². The zero-order chi connectivity index (χ0) is 21.3. The predicted octanol–water partition coefficient (Wildman–Crippen LogP) is 1.99. The van der Waals surface area contributed by atoms with Crippen LogP contribution in [0.3, 0.4) is 0 Å². The third-order valence-corrected chi connectivity index (χ3v) is 7.43. The van der Waals surface area contributed by atoms with Gasteiger partial charge in [0.15, 0.2) is 6.10 Å². The molecule has 29 heavy (non-hydrogen) atoms. The molecule has 8 nitrogen and oxygen atoms in total. The van der Waals surface area contributed by atoms with Crippen LogP contribution < -0.4 is 4.74 Å². The minimum absolute atomic E-state index is 0.184. The maximum absolute atomic E-state index is 13.1. The third kappa shape index (κ3) is 4.41. The highest BCUT2D eigenvalue weighted by molar-refractivity contribution is 7.89. The number of hydrogen-bond acceptors (Lipinski definition) is 5. The van der Waals surface area contributed by atoms with Crippen molar-refractivity contribution in [1.82, 2.24) is 19.0 Å². The van der Waals surface area contributed by atoms with Gasteiger partial charge >= 0.3 is 0 Å². The van der Waals surface area contributed by atoms with Crippen LogP contribution in [0.1, 0.15) is 18.3 Å². The Kier molecular flexibility index (Phi) is 6.21. The molecule has 2 heterocycles. The number of rotatable bonds is 5. The zero-order valence-corrected chi connectivity index (χ0v) is 18.5. The monoisotopic (exact) mass is 440 g/mol. The van der Waals surface area contributed by atoms with Crippen molar-refractivity contribution in [1.29, 1.82) is 0 Å². The molecule has 0 spiro atoms. The summed E-state index contributed by atoms with van der Waals surface area (Å²) in [6, 6.07) is 6.86. The van der Waals surface area contributed by atoms with Gasteiger partial charge in [0.05, 0.1) is 11.4 Å². The number of halogens is 1. The topological polar surface area (TPSA) is 84.7 Å². The van der Waals surface area contributed by atoms with Crippen molar-refractivity contribution >= 4 is 27.5 Å². The second-order valence-corrected chi connectivity index (χ2v) is 9.38. The maximum atomic E-state index is 13.1. The lowest BCUT2D eigenvalue weighted by atomic mass is 10.2. The number of carbonyl (C=O) groups excluding carboxylic acids is 1. The van der Waals surface area contributed by atoms with Gasteiger partial charge in [-0.15, -0.1) is 0 Å². The molecular formula is C19H25ClN4O4S. The molecule has 1 saturated heterocycles. The fraction of sp³-hybridized carbons (Fsp3) is 0.474. The van der Waals surface area contributed by atoms with Gasteiger partial charge in [-0.1, -0.05) is 17.7 Å². The van der Waals surface area contributed by atoms with E-state index in [0.29, 0.717) is 35.2 Å². The van der Waals surface area contributed by atoms with Crippen LogP contribution in [0.15, 0.2) is 29.2 Å². The Labute approximate surface area is 176 Å². The van der Waals surface area contributed by atoms with E-state index >= 15 is 0 Å². The van der Waals surface area contributed by atoms with Gasteiger partial charge < -0.3 is 9.64 Å². The van der Waals surface area contributed by atoms with E-state index in [2.05, 4.69) is 5.10 Å². The van der Waals surface area contributed by atoms with Crippen molar-refractivity contribution in [3.05, 3.63) is 40.7 Å². The predicted molar refractivity (Wildman–Crippen MR) is 110 cm³/mol. The summed E-state index contributed by atoms with van der Waals surface area (Å²) >= 11 is 5.95.